The third-order valence-corrected chi connectivity index (χ3v) is 4.56. The molecule has 0 spiro atoms. The molecule has 10 heteroatoms. The molecule has 0 unspecified atom stereocenters. The number of nitrogens with one attached hydrogen (secondary N) is 2. The minimum absolute atomic E-state index is 0.276. The molecule has 29 heavy (non-hydrogen) atoms. The number of H-pyrrole nitrogens is 1. The van der Waals surface area contributed by atoms with Gasteiger partial charge in [0.05, 0.1) is 23.4 Å². The zero-order valence-electron chi connectivity index (χ0n) is 15.6. The SMILES string of the molecule is COc1cc(/C=N/Nc2nc(=O)[nH]nc2C)ccc1OCc1ccc(Cl)c(Cl)c1. The molecule has 0 bridgehead atoms. The normalized spacial score (nSPS) is 10.9. The Labute approximate surface area is 176 Å². The fraction of sp³-hybridized carbons (Fsp3) is 0.158. The van der Waals surface area contributed by atoms with Crippen molar-refractivity contribution in [1.29, 1.82) is 0 Å². The average molecular weight is 434 g/mol. The summed E-state index contributed by atoms with van der Waals surface area (Å²) in [6.45, 7) is 2.01. The van der Waals surface area contributed by atoms with Crippen LogP contribution in [0.2, 0.25) is 10.0 Å². The lowest BCUT2D eigenvalue weighted by Crippen LogP contribution is -2.15. The molecule has 2 aromatic carbocycles. The Kier molecular flexibility index (Phi) is 6.69. The monoisotopic (exact) mass is 433 g/mol. The molecule has 3 rings (SSSR count). The molecule has 150 valence electrons. The maximum Gasteiger partial charge on any atom is 0.363 e. The Morgan fingerprint density at radius 2 is 2.00 bits per heavy atom. The number of methoxy groups -OCH3 is 1. The molecule has 0 saturated heterocycles. The summed E-state index contributed by atoms with van der Waals surface area (Å²) in [6.07, 6.45) is 1.56. The Balaban J connectivity index is 1.68. The molecule has 0 amide bonds. The van der Waals surface area contributed by atoms with Crippen LogP contribution in [-0.4, -0.2) is 28.5 Å². The molecular formula is C19H17Cl2N5O3. The van der Waals surface area contributed by atoms with Crippen molar-refractivity contribution in [2.45, 2.75) is 13.5 Å². The number of hydrogen-bond acceptors (Lipinski definition) is 7. The molecule has 0 aliphatic heterocycles. The molecule has 8 nitrogen and oxygen atoms in total. The Morgan fingerprint density at radius 1 is 1.17 bits per heavy atom. The van der Waals surface area contributed by atoms with E-state index in [-0.39, 0.29) is 5.82 Å². The van der Waals surface area contributed by atoms with Crippen molar-refractivity contribution >= 4 is 35.2 Å². The van der Waals surface area contributed by atoms with Crippen molar-refractivity contribution in [1.82, 2.24) is 15.2 Å². The molecule has 0 fully saturated rings. The molecule has 0 saturated carbocycles. The van der Waals surface area contributed by atoms with Crippen molar-refractivity contribution in [3.63, 3.8) is 0 Å². The van der Waals surface area contributed by atoms with E-state index in [1.807, 2.05) is 12.1 Å². The van der Waals surface area contributed by atoms with E-state index in [0.717, 1.165) is 11.1 Å². The lowest BCUT2D eigenvalue weighted by atomic mass is 10.2. The van der Waals surface area contributed by atoms with Crippen molar-refractivity contribution in [3.05, 3.63) is 73.7 Å². The Morgan fingerprint density at radius 3 is 2.76 bits per heavy atom. The van der Waals surface area contributed by atoms with Gasteiger partial charge in [0.1, 0.15) is 12.3 Å². The smallest absolute Gasteiger partial charge is 0.363 e. The van der Waals surface area contributed by atoms with E-state index in [0.29, 0.717) is 33.8 Å². The number of halogens is 2. The number of ether oxygens (including phenoxy) is 2. The molecule has 0 radical (unpaired) electrons. The highest BCUT2D eigenvalue weighted by Crippen LogP contribution is 2.29. The second-order valence-electron chi connectivity index (χ2n) is 5.89. The van der Waals surface area contributed by atoms with Crippen LogP contribution in [-0.2, 0) is 6.61 Å². The van der Waals surface area contributed by atoms with Gasteiger partial charge in [-0.05, 0) is 48.4 Å². The number of nitrogens with zero attached hydrogens (tertiary/aromatic N) is 3. The lowest BCUT2D eigenvalue weighted by Gasteiger charge is -2.11. The highest BCUT2D eigenvalue weighted by atomic mass is 35.5. The zero-order valence-corrected chi connectivity index (χ0v) is 17.1. The fourth-order valence-corrected chi connectivity index (χ4v) is 2.66. The van der Waals surface area contributed by atoms with Gasteiger partial charge in [0.25, 0.3) is 0 Å². The van der Waals surface area contributed by atoms with Gasteiger partial charge < -0.3 is 9.47 Å². The van der Waals surface area contributed by atoms with Gasteiger partial charge in [-0.2, -0.15) is 15.2 Å². The first-order chi connectivity index (χ1) is 14.0. The number of rotatable bonds is 7. The number of aryl methyl sites for hydroxylation is 1. The van der Waals surface area contributed by atoms with Crippen LogP contribution < -0.4 is 20.6 Å². The molecule has 2 N–H and O–H groups in total. The summed E-state index contributed by atoms with van der Waals surface area (Å²) in [6, 6.07) is 10.7. The maximum atomic E-state index is 11.2. The average Bonchev–Trinajstić information content (AvgIpc) is 2.71. The van der Waals surface area contributed by atoms with Crippen LogP contribution in [0.1, 0.15) is 16.8 Å². The number of aromatic nitrogens is 3. The zero-order chi connectivity index (χ0) is 20.8. The molecule has 0 atom stereocenters. The van der Waals surface area contributed by atoms with Gasteiger partial charge in [0, 0.05) is 0 Å². The second-order valence-corrected chi connectivity index (χ2v) is 6.71. The molecule has 1 aromatic heterocycles. The molecule has 1 heterocycles. The van der Waals surface area contributed by atoms with Gasteiger partial charge >= 0.3 is 5.69 Å². The van der Waals surface area contributed by atoms with Gasteiger partial charge in [-0.3, -0.25) is 5.43 Å². The van der Waals surface area contributed by atoms with Crippen LogP contribution in [0, 0.1) is 6.92 Å². The van der Waals surface area contributed by atoms with Gasteiger partial charge in [-0.15, -0.1) is 0 Å². The number of aromatic amines is 1. The van der Waals surface area contributed by atoms with E-state index in [1.54, 1.807) is 44.5 Å². The molecule has 0 aliphatic rings. The first-order valence-corrected chi connectivity index (χ1v) is 9.19. The van der Waals surface area contributed by atoms with E-state index in [9.17, 15) is 4.79 Å². The summed E-state index contributed by atoms with van der Waals surface area (Å²) >= 11 is 12.0. The molecule has 0 aliphatic carbocycles. The minimum Gasteiger partial charge on any atom is -0.493 e. The van der Waals surface area contributed by atoms with Crippen LogP contribution in [0.5, 0.6) is 11.5 Å². The van der Waals surface area contributed by atoms with Gasteiger partial charge in [-0.1, -0.05) is 29.3 Å². The summed E-state index contributed by atoms with van der Waals surface area (Å²) in [5.74, 6) is 1.39. The van der Waals surface area contributed by atoms with Gasteiger partial charge in [0.15, 0.2) is 17.3 Å². The van der Waals surface area contributed by atoms with E-state index >= 15 is 0 Å². The minimum atomic E-state index is -0.557. The van der Waals surface area contributed by atoms with Crippen molar-refractivity contribution in [3.8, 4) is 11.5 Å². The maximum absolute atomic E-state index is 11.2. The quantitative estimate of drug-likeness (QED) is 0.433. The number of anilines is 1. The standard InChI is InChI=1S/C19H17Cl2N5O3/c1-11-18(23-19(27)26-24-11)25-22-9-12-4-6-16(17(8-12)28-2)29-10-13-3-5-14(20)15(21)7-13/h3-9H,10H2,1-2H3,(H2,23,25,26,27)/b22-9+. The van der Waals surface area contributed by atoms with Crippen molar-refractivity contribution in [2.75, 3.05) is 12.5 Å². The first kappa shape index (κ1) is 20.6. The van der Waals surface area contributed by atoms with Crippen LogP contribution in [0.4, 0.5) is 5.82 Å². The fourth-order valence-electron chi connectivity index (χ4n) is 2.34. The summed E-state index contributed by atoms with van der Waals surface area (Å²) in [5.41, 5.74) is 4.29. The highest BCUT2D eigenvalue weighted by molar-refractivity contribution is 6.42. The number of benzene rings is 2. The summed E-state index contributed by atoms with van der Waals surface area (Å²) in [4.78, 5) is 15.0. The van der Waals surface area contributed by atoms with Crippen LogP contribution in [0.3, 0.4) is 0 Å². The summed E-state index contributed by atoms with van der Waals surface area (Å²) in [7, 11) is 1.55. The van der Waals surface area contributed by atoms with Crippen LogP contribution in [0.15, 0.2) is 46.3 Å². The number of hydrogen-bond donors (Lipinski definition) is 2. The van der Waals surface area contributed by atoms with Gasteiger partial charge in [0.2, 0.25) is 0 Å². The summed E-state index contributed by atoms with van der Waals surface area (Å²) in [5, 5.41) is 11.1. The second kappa shape index (κ2) is 9.40. The van der Waals surface area contributed by atoms with E-state index in [2.05, 4.69) is 25.7 Å². The number of hydrazone groups is 1. The largest absolute Gasteiger partial charge is 0.493 e. The lowest BCUT2D eigenvalue weighted by molar-refractivity contribution is 0.284. The molecular weight excluding hydrogens is 417 g/mol. The van der Waals surface area contributed by atoms with Crippen LogP contribution >= 0.6 is 23.2 Å². The predicted molar refractivity (Wildman–Crippen MR) is 112 cm³/mol. The van der Waals surface area contributed by atoms with E-state index in [1.165, 1.54) is 0 Å². The third kappa shape index (κ3) is 5.46. The third-order valence-electron chi connectivity index (χ3n) is 3.83. The van der Waals surface area contributed by atoms with Gasteiger partial charge in [-0.25, -0.2) is 9.89 Å². The topological polar surface area (TPSA) is 101 Å². The van der Waals surface area contributed by atoms with Crippen molar-refractivity contribution in [2.24, 2.45) is 5.10 Å². The Bertz CT molecular complexity index is 1100. The Hall–Kier alpha value is -3.10. The first-order valence-electron chi connectivity index (χ1n) is 8.43. The van der Waals surface area contributed by atoms with E-state index < -0.39 is 5.69 Å². The van der Waals surface area contributed by atoms with E-state index in [4.69, 9.17) is 32.7 Å². The summed E-state index contributed by atoms with van der Waals surface area (Å²) < 4.78 is 11.2. The van der Waals surface area contributed by atoms with Crippen LogP contribution in [0.25, 0.3) is 0 Å². The predicted octanol–water partition coefficient (Wildman–Crippen LogP) is 3.81. The molecule has 3 aromatic rings. The van der Waals surface area contributed by atoms with Crippen molar-refractivity contribution < 1.29 is 9.47 Å². The highest BCUT2D eigenvalue weighted by Gasteiger charge is 2.07.